The molecule has 2 aromatic carbocycles. The van der Waals surface area contributed by atoms with Crippen molar-refractivity contribution in [1.29, 1.82) is 0 Å². The van der Waals surface area contributed by atoms with E-state index < -0.39 is 10.4 Å². The zero-order valence-corrected chi connectivity index (χ0v) is 17.5. The van der Waals surface area contributed by atoms with Crippen LogP contribution in [0.1, 0.15) is 19.5 Å². The van der Waals surface area contributed by atoms with Crippen LogP contribution in [0.2, 0.25) is 0 Å². The predicted molar refractivity (Wildman–Crippen MR) is 114 cm³/mol. The van der Waals surface area contributed by atoms with Crippen LogP contribution in [0.5, 0.6) is 0 Å². The average Bonchev–Trinajstić information content (AvgIpc) is 2.71. The topological polar surface area (TPSA) is 85.9 Å². The average molecular weight is 416 g/mol. The number of benzene rings is 2. The highest BCUT2D eigenvalue weighted by Crippen LogP contribution is 2.12. The summed E-state index contributed by atoms with van der Waals surface area (Å²) in [6.07, 6.45) is 1.92. The molecule has 0 radical (unpaired) electrons. The second-order valence-electron chi connectivity index (χ2n) is 5.98. The lowest BCUT2D eigenvalue weighted by Crippen LogP contribution is -2.38. The van der Waals surface area contributed by atoms with Gasteiger partial charge in [-0.05, 0) is 38.1 Å². The van der Waals surface area contributed by atoms with Crippen molar-refractivity contribution < 1.29 is 21.7 Å². The third-order valence-electron chi connectivity index (χ3n) is 4.04. The fourth-order valence-corrected chi connectivity index (χ4v) is 3.03. The molecule has 0 bridgehead atoms. The Hall–Kier alpha value is -2.81. The van der Waals surface area contributed by atoms with Gasteiger partial charge in [-0.25, -0.2) is 8.42 Å². The van der Waals surface area contributed by atoms with Gasteiger partial charge in [0.2, 0.25) is 21.6 Å². The number of aromatic nitrogens is 1. The number of anilines is 1. The first-order valence-corrected chi connectivity index (χ1v) is 10.5. The second-order valence-corrected chi connectivity index (χ2v) is 7.03. The van der Waals surface area contributed by atoms with Gasteiger partial charge in [0.05, 0.1) is 12.3 Å². The van der Waals surface area contributed by atoms with Gasteiger partial charge in [-0.1, -0.05) is 30.3 Å². The molecule has 0 saturated carbocycles. The van der Waals surface area contributed by atoms with E-state index in [4.69, 9.17) is 0 Å². The summed E-state index contributed by atoms with van der Waals surface area (Å²) < 4.78 is 34.3. The fraction of sp³-hybridized carbons (Fsp3) is 0.238. The highest BCUT2D eigenvalue weighted by molar-refractivity contribution is 7.80. The zero-order chi connectivity index (χ0) is 21.3. The molecular formula is C21H25N3O4S. The van der Waals surface area contributed by atoms with E-state index in [2.05, 4.69) is 57.2 Å². The SMILES string of the molecule is CCOS(=O)(=O)[O-].CC[n+]1c(C=NN(C)c2ccccc2)ccc2ccccc21. The van der Waals surface area contributed by atoms with Crippen molar-refractivity contribution in [3.8, 4) is 0 Å². The van der Waals surface area contributed by atoms with Gasteiger partial charge in [-0.3, -0.25) is 9.19 Å². The van der Waals surface area contributed by atoms with Crippen LogP contribution in [0.15, 0.2) is 71.8 Å². The Morgan fingerprint density at radius 3 is 2.28 bits per heavy atom. The van der Waals surface area contributed by atoms with Gasteiger partial charge < -0.3 is 4.55 Å². The van der Waals surface area contributed by atoms with Crippen LogP contribution in [-0.2, 0) is 21.1 Å². The Labute approximate surface area is 171 Å². The van der Waals surface area contributed by atoms with Crippen molar-refractivity contribution in [2.45, 2.75) is 20.4 Å². The van der Waals surface area contributed by atoms with Crippen molar-refractivity contribution in [1.82, 2.24) is 0 Å². The number of para-hydroxylation sites is 2. The molecule has 154 valence electrons. The lowest BCUT2D eigenvalue weighted by Gasteiger charge is -2.11. The predicted octanol–water partition coefficient (Wildman–Crippen LogP) is 3.10. The normalized spacial score (nSPS) is 11.3. The van der Waals surface area contributed by atoms with Crippen LogP contribution in [0.4, 0.5) is 5.69 Å². The van der Waals surface area contributed by atoms with E-state index in [0.29, 0.717) is 0 Å². The van der Waals surface area contributed by atoms with Crippen molar-refractivity contribution in [2.75, 3.05) is 18.7 Å². The van der Waals surface area contributed by atoms with Crippen LogP contribution in [0.3, 0.4) is 0 Å². The third-order valence-corrected chi connectivity index (χ3v) is 4.57. The summed E-state index contributed by atoms with van der Waals surface area (Å²) in [4.78, 5) is 0. The van der Waals surface area contributed by atoms with Crippen LogP contribution in [0, 0.1) is 0 Å². The molecule has 1 aromatic heterocycles. The molecule has 29 heavy (non-hydrogen) atoms. The van der Waals surface area contributed by atoms with Gasteiger partial charge in [-0.2, -0.15) is 9.67 Å². The molecule has 3 aromatic rings. The molecule has 3 rings (SSSR count). The van der Waals surface area contributed by atoms with Gasteiger partial charge in [-0.15, -0.1) is 0 Å². The van der Waals surface area contributed by atoms with Gasteiger partial charge in [0, 0.05) is 24.6 Å². The minimum absolute atomic E-state index is 0.0914. The first kappa shape index (κ1) is 22.5. The summed E-state index contributed by atoms with van der Waals surface area (Å²) in [5, 5.41) is 7.70. The molecule has 0 aliphatic heterocycles. The summed E-state index contributed by atoms with van der Waals surface area (Å²) in [5.74, 6) is 0. The van der Waals surface area contributed by atoms with E-state index in [-0.39, 0.29) is 6.61 Å². The van der Waals surface area contributed by atoms with Gasteiger partial charge in [0.15, 0.2) is 0 Å². The molecule has 0 spiro atoms. The smallest absolute Gasteiger partial charge is 0.225 e. The largest absolute Gasteiger partial charge is 0.726 e. The molecule has 0 aliphatic carbocycles. The molecule has 0 amide bonds. The number of aryl methyl sites for hydroxylation is 1. The molecule has 0 N–H and O–H groups in total. The lowest BCUT2D eigenvalue weighted by atomic mass is 10.2. The Balaban J connectivity index is 0.000000370. The first-order valence-electron chi connectivity index (χ1n) is 9.20. The van der Waals surface area contributed by atoms with E-state index in [0.717, 1.165) is 17.9 Å². The Morgan fingerprint density at radius 2 is 1.69 bits per heavy atom. The highest BCUT2D eigenvalue weighted by atomic mass is 32.3. The van der Waals surface area contributed by atoms with E-state index in [1.165, 1.54) is 17.8 Å². The van der Waals surface area contributed by atoms with E-state index in [1.54, 1.807) is 0 Å². The number of pyridine rings is 1. The number of nitrogens with zero attached hydrogens (tertiary/aromatic N) is 3. The molecule has 0 atom stereocenters. The number of hydrogen-bond donors (Lipinski definition) is 0. The standard InChI is InChI=1S/C19H20N3.C2H6O4S/c1-3-22-18(14-13-16-9-7-8-12-19(16)22)15-20-21(2)17-10-5-4-6-11-17;1-2-6-7(3,4)5/h4-15H,3H2,1-2H3;2H2,1H3,(H,3,4,5)/q+1;/p-1. The molecule has 0 fully saturated rings. The molecule has 8 heteroatoms. The van der Waals surface area contributed by atoms with Gasteiger partial charge >= 0.3 is 0 Å². The molecule has 7 nitrogen and oxygen atoms in total. The van der Waals surface area contributed by atoms with E-state index >= 15 is 0 Å². The zero-order valence-electron chi connectivity index (χ0n) is 16.7. The van der Waals surface area contributed by atoms with E-state index in [1.807, 2.05) is 48.6 Å². The summed E-state index contributed by atoms with van der Waals surface area (Å²) in [5.41, 5.74) is 3.41. The van der Waals surface area contributed by atoms with E-state index in [9.17, 15) is 13.0 Å². The Morgan fingerprint density at radius 1 is 1.03 bits per heavy atom. The Bertz CT molecular complexity index is 1050. The number of rotatable bonds is 6. The minimum Gasteiger partial charge on any atom is -0.726 e. The molecule has 0 unspecified atom stereocenters. The van der Waals surface area contributed by atoms with Crippen molar-refractivity contribution in [3.05, 3.63) is 72.4 Å². The van der Waals surface area contributed by atoms with Crippen molar-refractivity contribution >= 4 is 33.2 Å². The van der Waals surface area contributed by atoms with Gasteiger partial charge in [0.1, 0.15) is 12.8 Å². The number of hydrogen-bond acceptors (Lipinski definition) is 6. The van der Waals surface area contributed by atoms with Crippen molar-refractivity contribution in [2.24, 2.45) is 5.10 Å². The lowest BCUT2D eigenvalue weighted by molar-refractivity contribution is -0.668. The maximum absolute atomic E-state index is 9.45. The summed E-state index contributed by atoms with van der Waals surface area (Å²) >= 11 is 0. The number of fused-ring (bicyclic) bond motifs is 1. The summed E-state index contributed by atoms with van der Waals surface area (Å²) in [6.45, 7) is 4.41. The Kier molecular flexibility index (Phi) is 8.26. The highest BCUT2D eigenvalue weighted by Gasteiger charge is 2.12. The minimum atomic E-state index is -4.42. The van der Waals surface area contributed by atoms with Crippen LogP contribution in [-0.4, -0.2) is 32.8 Å². The van der Waals surface area contributed by atoms with Crippen LogP contribution >= 0.6 is 0 Å². The van der Waals surface area contributed by atoms with Crippen LogP contribution < -0.4 is 9.58 Å². The monoisotopic (exact) mass is 415 g/mol. The second kappa shape index (κ2) is 10.7. The maximum atomic E-state index is 9.45. The fourth-order valence-electron chi connectivity index (χ4n) is 2.74. The summed E-state index contributed by atoms with van der Waals surface area (Å²) in [6, 6.07) is 22.8. The van der Waals surface area contributed by atoms with Gasteiger partial charge in [0.25, 0.3) is 0 Å². The quantitative estimate of drug-likeness (QED) is 0.203. The van der Waals surface area contributed by atoms with Crippen LogP contribution in [0.25, 0.3) is 10.9 Å². The molecule has 1 heterocycles. The maximum Gasteiger partial charge on any atom is 0.225 e. The molecule has 0 saturated heterocycles. The molecular weight excluding hydrogens is 390 g/mol. The van der Waals surface area contributed by atoms with Crippen molar-refractivity contribution in [3.63, 3.8) is 0 Å². The number of hydrazone groups is 1. The summed E-state index contributed by atoms with van der Waals surface area (Å²) in [7, 11) is -2.46. The molecule has 0 aliphatic rings. The third kappa shape index (κ3) is 6.94. The first-order chi connectivity index (χ1) is 13.9.